The number of nitriles is 1. The lowest BCUT2D eigenvalue weighted by Gasteiger charge is -2.22. The predicted octanol–water partition coefficient (Wildman–Crippen LogP) is 4.92. The SMILES string of the molecule is CCN(CC)c1ccc(N/C=C(/C#N)C(=O)Nc2ccc(C)cc2C)c(C)c1. The van der Waals surface area contributed by atoms with Gasteiger partial charge in [-0.3, -0.25) is 4.79 Å². The Morgan fingerprint density at radius 1 is 1.04 bits per heavy atom. The van der Waals surface area contributed by atoms with Crippen molar-refractivity contribution in [2.75, 3.05) is 28.6 Å². The van der Waals surface area contributed by atoms with Gasteiger partial charge in [0.25, 0.3) is 5.91 Å². The highest BCUT2D eigenvalue weighted by Crippen LogP contribution is 2.23. The number of anilines is 3. The molecule has 0 saturated carbocycles. The van der Waals surface area contributed by atoms with Gasteiger partial charge in [-0.05, 0) is 70.0 Å². The molecule has 0 spiro atoms. The number of hydrogen-bond donors (Lipinski definition) is 2. The summed E-state index contributed by atoms with van der Waals surface area (Å²) in [5.41, 5.74) is 5.88. The van der Waals surface area contributed by atoms with Gasteiger partial charge >= 0.3 is 0 Å². The molecule has 2 aromatic rings. The van der Waals surface area contributed by atoms with Crippen molar-refractivity contribution in [2.24, 2.45) is 0 Å². The third-order valence-electron chi connectivity index (χ3n) is 4.71. The topological polar surface area (TPSA) is 68.2 Å². The highest BCUT2D eigenvalue weighted by atomic mass is 16.1. The van der Waals surface area contributed by atoms with Gasteiger partial charge in [0, 0.05) is 36.4 Å². The van der Waals surface area contributed by atoms with Gasteiger partial charge < -0.3 is 15.5 Å². The Morgan fingerprint density at radius 3 is 2.25 bits per heavy atom. The van der Waals surface area contributed by atoms with Crippen LogP contribution < -0.4 is 15.5 Å². The van der Waals surface area contributed by atoms with Crippen molar-refractivity contribution in [3.8, 4) is 6.07 Å². The van der Waals surface area contributed by atoms with Crippen LogP contribution >= 0.6 is 0 Å². The zero-order chi connectivity index (χ0) is 20.7. The molecule has 2 rings (SSSR count). The molecule has 0 heterocycles. The van der Waals surface area contributed by atoms with Gasteiger partial charge in [-0.25, -0.2) is 0 Å². The second-order valence-electron chi connectivity index (χ2n) is 6.76. The minimum atomic E-state index is -0.431. The first-order valence-corrected chi connectivity index (χ1v) is 9.50. The largest absolute Gasteiger partial charge is 0.372 e. The van der Waals surface area contributed by atoms with Crippen LogP contribution in [-0.2, 0) is 4.79 Å². The molecule has 2 N–H and O–H groups in total. The Balaban J connectivity index is 2.14. The fraction of sp³-hybridized carbons (Fsp3) is 0.304. The number of carbonyl (C=O) groups excluding carboxylic acids is 1. The van der Waals surface area contributed by atoms with Crippen LogP contribution in [0.25, 0.3) is 0 Å². The molecule has 5 heteroatoms. The molecule has 0 bridgehead atoms. The minimum absolute atomic E-state index is 0.0206. The number of benzene rings is 2. The lowest BCUT2D eigenvalue weighted by atomic mass is 10.1. The molecule has 0 unspecified atom stereocenters. The van der Waals surface area contributed by atoms with Gasteiger partial charge in [0.15, 0.2) is 0 Å². The molecule has 1 amide bonds. The second kappa shape index (κ2) is 9.61. The smallest absolute Gasteiger partial charge is 0.267 e. The van der Waals surface area contributed by atoms with Crippen molar-refractivity contribution >= 4 is 23.0 Å². The average molecular weight is 377 g/mol. The maximum atomic E-state index is 12.5. The number of carbonyl (C=O) groups is 1. The van der Waals surface area contributed by atoms with E-state index in [9.17, 15) is 10.1 Å². The molecule has 146 valence electrons. The van der Waals surface area contributed by atoms with E-state index >= 15 is 0 Å². The van der Waals surface area contributed by atoms with Crippen molar-refractivity contribution in [3.05, 3.63) is 64.9 Å². The zero-order valence-corrected chi connectivity index (χ0v) is 17.3. The molecule has 28 heavy (non-hydrogen) atoms. The molecular formula is C23H28N4O. The lowest BCUT2D eigenvalue weighted by Crippen LogP contribution is -2.21. The Labute approximate surface area is 167 Å². The van der Waals surface area contributed by atoms with Crippen molar-refractivity contribution < 1.29 is 4.79 Å². The number of nitrogens with one attached hydrogen (secondary N) is 2. The van der Waals surface area contributed by atoms with E-state index in [0.717, 1.165) is 41.2 Å². The first-order chi connectivity index (χ1) is 13.4. The van der Waals surface area contributed by atoms with Crippen molar-refractivity contribution in [1.29, 1.82) is 5.26 Å². The van der Waals surface area contributed by atoms with Crippen LogP contribution in [0.5, 0.6) is 0 Å². The summed E-state index contributed by atoms with van der Waals surface area (Å²) in [6.45, 7) is 12.1. The van der Waals surface area contributed by atoms with E-state index in [-0.39, 0.29) is 5.57 Å². The summed E-state index contributed by atoms with van der Waals surface area (Å²) in [5.74, 6) is -0.431. The summed E-state index contributed by atoms with van der Waals surface area (Å²) < 4.78 is 0. The molecule has 0 saturated heterocycles. The maximum Gasteiger partial charge on any atom is 0.267 e. The van der Waals surface area contributed by atoms with E-state index in [1.165, 1.54) is 6.20 Å². The van der Waals surface area contributed by atoms with E-state index in [4.69, 9.17) is 0 Å². The molecule has 5 nitrogen and oxygen atoms in total. The minimum Gasteiger partial charge on any atom is -0.372 e. The van der Waals surface area contributed by atoms with Gasteiger partial charge in [0.1, 0.15) is 11.6 Å². The Hall–Kier alpha value is -3.26. The Morgan fingerprint density at radius 2 is 1.68 bits per heavy atom. The van der Waals surface area contributed by atoms with E-state index in [1.807, 2.05) is 57.2 Å². The van der Waals surface area contributed by atoms with Gasteiger partial charge in [0.2, 0.25) is 0 Å². The van der Waals surface area contributed by atoms with Crippen molar-refractivity contribution in [3.63, 3.8) is 0 Å². The summed E-state index contributed by atoms with van der Waals surface area (Å²) in [4.78, 5) is 14.7. The molecule has 0 atom stereocenters. The van der Waals surface area contributed by atoms with Crippen LogP contribution in [0.15, 0.2) is 48.2 Å². The van der Waals surface area contributed by atoms with E-state index in [2.05, 4.69) is 35.4 Å². The van der Waals surface area contributed by atoms with Gasteiger partial charge in [-0.1, -0.05) is 17.7 Å². The molecule has 0 radical (unpaired) electrons. The molecule has 0 aliphatic heterocycles. The fourth-order valence-corrected chi connectivity index (χ4v) is 3.04. The summed E-state index contributed by atoms with van der Waals surface area (Å²) in [6, 6.07) is 13.8. The van der Waals surface area contributed by atoms with Crippen LogP contribution in [0.1, 0.15) is 30.5 Å². The van der Waals surface area contributed by atoms with Gasteiger partial charge in [0.05, 0.1) is 0 Å². The van der Waals surface area contributed by atoms with Crippen LogP contribution in [-0.4, -0.2) is 19.0 Å². The van der Waals surface area contributed by atoms with Gasteiger partial charge in [-0.15, -0.1) is 0 Å². The van der Waals surface area contributed by atoms with E-state index in [1.54, 1.807) is 0 Å². The quantitative estimate of drug-likeness (QED) is 0.532. The third kappa shape index (κ3) is 5.14. The maximum absolute atomic E-state index is 12.5. The first kappa shape index (κ1) is 21.0. The fourth-order valence-electron chi connectivity index (χ4n) is 3.04. The van der Waals surface area contributed by atoms with Crippen LogP contribution in [0, 0.1) is 32.1 Å². The molecule has 2 aromatic carbocycles. The summed E-state index contributed by atoms with van der Waals surface area (Å²) in [7, 11) is 0. The Bertz CT molecular complexity index is 921. The van der Waals surface area contributed by atoms with E-state index in [0.29, 0.717) is 5.69 Å². The highest BCUT2D eigenvalue weighted by molar-refractivity contribution is 6.07. The Kier molecular flexibility index (Phi) is 7.22. The molecule has 0 aromatic heterocycles. The van der Waals surface area contributed by atoms with Gasteiger partial charge in [-0.2, -0.15) is 5.26 Å². The van der Waals surface area contributed by atoms with E-state index < -0.39 is 5.91 Å². The molecule has 0 fully saturated rings. The standard InChI is InChI=1S/C23H28N4O/c1-6-27(7-2)20-9-11-21(18(5)13-20)25-15-19(14-24)23(28)26-22-10-8-16(3)12-17(22)4/h8-13,15,25H,6-7H2,1-5H3,(H,26,28)/b19-15-. The number of amides is 1. The molecular weight excluding hydrogens is 348 g/mol. The first-order valence-electron chi connectivity index (χ1n) is 9.50. The summed E-state index contributed by atoms with van der Waals surface area (Å²) in [5, 5.41) is 15.3. The number of nitrogens with zero attached hydrogens (tertiary/aromatic N) is 2. The van der Waals surface area contributed by atoms with Crippen LogP contribution in [0.4, 0.5) is 17.1 Å². The van der Waals surface area contributed by atoms with Crippen LogP contribution in [0.3, 0.4) is 0 Å². The highest BCUT2D eigenvalue weighted by Gasteiger charge is 2.11. The number of aryl methyl sites for hydroxylation is 3. The summed E-state index contributed by atoms with van der Waals surface area (Å²) in [6.07, 6.45) is 1.46. The van der Waals surface area contributed by atoms with Crippen molar-refractivity contribution in [1.82, 2.24) is 0 Å². The second-order valence-corrected chi connectivity index (χ2v) is 6.76. The lowest BCUT2D eigenvalue weighted by molar-refractivity contribution is -0.112. The predicted molar refractivity (Wildman–Crippen MR) is 117 cm³/mol. The summed E-state index contributed by atoms with van der Waals surface area (Å²) >= 11 is 0. The van der Waals surface area contributed by atoms with Crippen LogP contribution in [0.2, 0.25) is 0 Å². The number of hydrogen-bond acceptors (Lipinski definition) is 4. The molecule has 0 aliphatic rings. The zero-order valence-electron chi connectivity index (χ0n) is 17.3. The average Bonchev–Trinajstić information content (AvgIpc) is 2.67. The number of rotatable bonds is 7. The third-order valence-corrected chi connectivity index (χ3v) is 4.71. The molecule has 0 aliphatic carbocycles. The normalized spacial score (nSPS) is 10.9. The monoisotopic (exact) mass is 376 g/mol. The van der Waals surface area contributed by atoms with Crippen molar-refractivity contribution in [2.45, 2.75) is 34.6 Å².